The van der Waals surface area contributed by atoms with E-state index in [9.17, 15) is 24.8 Å². The van der Waals surface area contributed by atoms with Crippen molar-refractivity contribution in [3.63, 3.8) is 0 Å². The van der Waals surface area contributed by atoms with E-state index in [-0.39, 0.29) is 23.6 Å². The molecule has 2 aromatic rings. The highest BCUT2D eigenvalue weighted by molar-refractivity contribution is 6.46. The number of aliphatic hydroxyl groups excluding tert-OH is 1. The van der Waals surface area contributed by atoms with Crippen LogP contribution in [0.1, 0.15) is 43.0 Å². The van der Waals surface area contributed by atoms with Gasteiger partial charge in [0.25, 0.3) is 17.4 Å². The maximum absolute atomic E-state index is 13.3. The largest absolute Gasteiger partial charge is 0.507 e. The van der Waals surface area contributed by atoms with Crippen LogP contribution in [0.15, 0.2) is 48.0 Å². The zero-order chi connectivity index (χ0) is 28.1. The molecule has 10 nitrogen and oxygen atoms in total. The lowest BCUT2D eigenvalue weighted by molar-refractivity contribution is -0.384. The average molecular weight is 538 g/mol. The minimum atomic E-state index is -0.952. The lowest BCUT2D eigenvalue weighted by Gasteiger charge is -2.29. The predicted octanol–water partition coefficient (Wildman–Crippen LogP) is 4.08. The van der Waals surface area contributed by atoms with Gasteiger partial charge in [0.1, 0.15) is 11.5 Å². The second-order valence-corrected chi connectivity index (χ2v) is 10.3. The van der Waals surface area contributed by atoms with Crippen molar-refractivity contribution in [1.29, 1.82) is 0 Å². The Morgan fingerprint density at radius 1 is 1.15 bits per heavy atom. The zero-order valence-electron chi connectivity index (χ0n) is 22.6. The molecule has 0 aromatic heterocycles. The van der Waals surface area contributed by atoms with E-state index in [1.807, 2.05) is 20.8 Å². The van der Waals surface area contributed by atoms with Crippen LogP contribution in [0.2, 0.25) is 0 Å². The molecule has 1 N–H and O–H groups in total. The average Bonchev–Trinajstić information content (AvgIpc) is 3.17. The van der Waals surface area contributed by atoms with Crippen molar-refractivity contribution >= 4 is 23.1 Å². The number of nitrogens with zero attached hydrogens (tertiary/aromatic N) is 3. The minimum Gasteiger partial charge on any atom is -0.507 e. The summed E-state index contributed by atoms with van der Waals surface area (Å²) in [5.41, 5.74) is 1.29. The molecule has 2 fully saturated rings. The fourth-order valence-corrected chi connectivity index (χ4v) is 4.93. The van der Waals surface area contributed by atoms with Gasteiger partial charge in [-0.05, 0) is 48.6 Å². The molecular weight excluding hydrogens is 502 g/mol. The molecule has 1 amide bonds. The normalized spacial score (nSPS) is 19.6. The van der Waals surface area contributed by atoms with Crippen LogP contribution in [0.5, 0.6) is 5.75 Å². The van der Waals surface area contributed by atoms with E-state index in [2.05, 4.69) is 4.90 Å². The van der Waals surface area contributed by atoms with Gasteiger partial charge in [-0.15, -0.1) is 0 Å². The summed E-state index contributed by atoms with van der Waals surface area (Å²) in [7, 11) is 0. The lowest BCUT2D eigenvalue weighted by Crippen LogP contribution is -2.39. The molecule has 1 atom stereocenters. The number of Topliss-reactive ketones (excluding diaryl/α,β-unsaturated/α-hetero) is 1. The Morgan fingerprint density at radius 3 is 2.56 bits per heavy atom. The SMILES string of the molecule is Cc1cc(/C(O)=C2\C(=O)C(=O)N(CCCN3CCOCC3)[C@H]2c2cccc([N+](=O)[O-])c2)ccc1OCC(C)C. The third-order valence-electron chi connectivity index (χ3n) is 6.93. The summed E-state index contributed by atoms with van der Waals surface area (Å²) in [6, 6.07) is 10.0. The fourth-order valence-electron chi connectivity index (χ4n) is 4.93. The first-order valence-corrected chi connectivity index (χ1v) is 13.2. The molecular formula is C29H35N3O7. The Labute approximate surface area is 228 Å². The number of benzene rings is 2. The van der Waals surface area contributed by atoms with Gasteiger partial charge in [0.15, 0.2) is 0 Å². The molecule has 2 aromatic carbocycles. The minimum absolute atomic E-state index is 0.0814. The van der Waals surface area contributed by atoms with E-state index in [0.29, 0.717) is 55.6 Å². The van der Waals surface area contributed by atoms with E-state index < -0.39 is 22.7 Å². The van der Waals surface area contributed by atoms with Crippen molar-refractivity contribution in [2.45, 2.75) is 33.2 Å². The topological polar surface area (TPSA) is 122 Å². The highest BCUT2D eigenvalue weighted by atomic mass is 16.6. The number of hydrogen-bond donors (Lipinski definition) is 1. The van der Waals surface area contributed by atoms with Crippen molar-refractivity contribution in [1.82, 2.24) is 9.80 Å². The van der Waals surface area contributed by atoms with Crippen LogP contribution in [0.25, 0.3) is 5.76 Å². The van der Waals surface area contributed by atoms with Crippen LogP contribution < -0.4 is 4.74 Å². The first-order valence-electron chi connectivity index (χ1n) is 13.2. The van der Waals surface area contributed by atoms with Crippen LogP contribution in [0.4, 0.5) is 5.69 Å². The summed E-state index contributed by atoms with van der Waals surface area (Å²) >= 11 is 0. The summed E-state index contributed by atoms with van der Waals surface area (Å²) in [6.45, 7) is 10.3. The number of non-ortho nitro benzene ring substituents is 1. The van der Waals surface area contributed by atoms with E-state index in [1.54, 1.807) is 24.3 Å². The fraction of sp³-hybridized carbons (Fsp3) is 0.448. The number of rotatable bonds is 10. The Balaban J connectivity index is 1.70. The monoisotopic (exact) mass is 537 g/mol. The molecule has 208 valence electrons. The Morgan fingerprint density at radius 2 is 1.90 bits per heavy atom. The van der Waals surface area contributed by atoms with Crippen LogP contribution in [-0.4, -0.2) is 77.5 Å². The van der Waals surface area contributed by atoms with Crippen LogP contribution in [0.3, 0.4) is 0 Å². The van der Waals surface area contributed by atoms with Crippen molar-refractivity contribution in [3.8, 4) is 5.75 Å². The molecule has 2 heterocycles. The summed E-state index contributed by atoms with van der Waals surface area (Å²) in [5.74, 6) is -0.860. The number of nitro groups is 1. The summed E-state index contributed by atoms with van der Waals surface area (Å²) in [5, 5.41) is 22.9. The number of hydrogen-bond acceptors (Lipinski definition) is 8. The maximum atomic E-state index is 13.3. The number of likely N-dealkylation sites (tertiary alicyclic amines) is 1. The van der Waals surface area contributed by atoms with Gasteiger partial charge in [0.05, 0.1) is 36.4 Å². The van der Waals surface area contributed by atoms with E-state index >= 15 is 0 Å². The summed E-state index contributed by atoms with van der Waals surface area (Å²) in [4.78, 5) is 41.2. The number of aliphatic hydroxyl groups is 1. The van der Waals surface area contributed by atoms with Gasteiger partial charge in [-0.1, -0.05) is 26.0 Å². The van der Waals surface area contributed by atoms with Crippen molar-refractivity contribution in [2.75, 3.05) is 46.0 Å². The predicted molar refractivity (Wildman–Crippen MR) is 145 cm³/mol. The van der Waals surface area contributed by atoms with Crippen LogP contribution >= 0.6 is 0 Å². The number of carbonyl (C=O) groups excluding carboxylic acids is 2. The molecule has 2 aliphatic rings. The Hall–Kier alpha value is -3.76. The Kier molecular flexibility index (Phi) is 8.98. The van der Waals surface area contributed by atoms with Crippen LogP contribution in [-0.2, 0) is 14.3 Å². The third kappa shape index (κ3) is 6.46. The number of nitro benzene ring substituents is 1. The van der Waals surface area contributed by atoms with Gasteiger partial charge < -0.3 is 19.5 Å². The van der Waals surface area contributed by atoms with Crippen molar-refractivity contribution < 1.29 is 29.1 Å². The summed E-state index contributed by atoms with van der Waals surface area (Å²) < 4.78 is 11.2. The molecule has 2 aliphatic heterocycles. The zero-order valence-corrected chi connectivity index (χ0v) is 22.6. The highest BCUT2D eigenvalue weighted by Gasteiger charge is 2.46. The highest BCUT2D eigenvalue weighted by Crippen LogP contribution is 2.40. The number of amides is 1. The summed E-state index contributed by atoms with van der Waals surface area (Å²) in [6.07, 6.45) is 0.597. The molecule has 0 saturated carbocycles. The van der Waals surface area contributed by atoms with E-state index in [1.165, 1.54) is 23.1 Å². The molecule has 0 bridgehead atoms. The number of aryl methyl sites for hydroxylation is 1. The molecule has 0 radical (unpaired) electrons. The van der Waals surface area contributed by atoms with E-state index in [4.69, 9.17) is 9.47 Å². The smallest absolute Gasteiger partial charge is 0.295 e. The van der Waals surface area contributed by atoms with Gasteiger partial charge in [0, 0.05) is 43.9 Å². The standard InChI is InChI=1S/C29H35N3O7/c1-19(2)18-39-24-9-8-22(16-20(24)3)27(33)25-26(21-6-4-7-23(17-21)32(36)37)31(29(35)28(25)34)11-5-10-30-12-14-38-15-13-30/h4,6-9,16-17,19,26,33H,5,10-15,18H2,1-3H3/b27-25+/t26-/m0/s1. The van der Waals surface area contributed by atoms with Crippen molar-refractivity contribution in [3.05, 3.63) is 74.8 Å². The van der Waals surface area contributed by atoms with Gasteiger partial charge in [-0.3, -0.25) is 24.6 Å². The molecule has 2 saturated heterocycles. The number of ketones is 1. The second kappa shape index (κ2) is 12.4. The number of carbonyl (C=O) groups is 2. The lowest BCUT2D eigenvalue weighted by atomic mass is 9.94. The molecule has 10 heteroatoms. The number of morpholine rings is 1. The molecule has 0 unspecified atom stereocenters. The maximum Gasteiger partial charge on any atom is 0.295 e. The first kappa shape index (κ1) is 28.3. The molecule has 0 aliphatic carbocycles. The van der Waals surface area contributed by atoms with Crippen LogP contribution in [0, 0.1) is 23.0 Å². The van der Waals surface area contributed by atoms with E-state index in [0.717, 1.165) is 18.7 Å². The van der Waals surface area contributed by atoms with Gasteiger partial charge >= 0.3 is 0 Å². The third-order valence-corrected chi connectivity index (χ3v) is 6.93. The first-order chi connectivity index (χ1) is 18.7. The Bertz CT molecular complexity index is 1270. The van der Waals surface area contributed by atoms with Gasteiger partial charge in [-0.25, -0.2) is 0 Å². The van der Waals surface area contributed by atoms with Crippen molar-refractivity contribution in [2.24, 2.45) is 5.92 Å². The quantitative estimate of drug-likeness (QED) is 0.158. The van der Waals surface area contributed by atoms with Gasteiger partial charge in [-0.2, -0.15) is 0 Å². The number of ether oxygens (including phenoxy) is 2. The van der Waals surface area contributed by atoms with Gasteiger partial charge in [0.2, 0.25) is 0 Å². The second-order valence-electron chi connectivity index (χ2n) is 10.3. The molecule has 4 rings (SSSR count). The molecule has 39 heavy (non-hydrogen) atoms. The molecule has 0 spiro atoms.